The van der Waals surface area contributed by atoms with Crippen LogP contribution in [0.25, 0.3) is 0 Å². The second-order valence-corrected chi connectivity index (χ2v) is 13.5. The van der Waals surface area contributed by atoms with E-state index in [4.69, 9.17) is 0 Å². The van der Waals surface area contributed by atoms with Crippen molar-refractivity contribution in [1.82, 2.24) is 14.2 Å². The summed E-state index contributed by atoms with van der Waals surface area (Å²) < 4.78 is 28.1. The molecule has 0 spiro atoms. The molecular formula is C27H42N5O4S+. The summed E-state index contributed by atoms with van der Waals surface area (Å²) in [5, 5.41) is 1.90. The zero-order valence-electron chi connectivity index (χ0n) is 22.3. The summed E-state index contributed by atoms with van der Waals surface area (Å²) in [6.07, 6.45) is 7.91. The number of anilines is 1. The molecule has 1 aromatic rings. The fourth-order valence-corrected chi connectivity index (χ4v) is 8.38. The molecule has 4 heterocycles. The van der Waals surface area contributed by atoms with Gasteiger partial charge in [-0.2, -0.15) is 4.31 Å². The first-order chi connectivity index (χ1) is 17.8. The van der Waals surface area contributed by atoms with Gasteiger partial charge in [-0.1, -0.05) is 12.8 Å². The van der Waals surface area contributed by atoms with Gasteiger partial charge in [0.05, 0.1) is 16.3 Å². The van der Waals surface area contributed by atoms with Crippen molar-refractivity contribution >= 4 is 21.6 Å². The van der Waals surface area contributed by atoms with E-state index < -0.39 is 10.0 Å². The molecule has 3 atom stereocenters. The van der Waals surface area contributed by atoms with Crippen molar-refractivity contribution < 1.29 is 18.1 Å². The molecule has 37 heavy (non-hydrogen) atoms. The molecule has 10 heteroatoms. The van der Waals surface area contributed by atoms with Crippen LogP contribution < -0.4 is 4.90 Å². The Morgan fingerprint density at radius 3 is 2.14 bits per heavy atom. The molecule has 0 saturated carbocycles. The van der Waals surface area contributed by atoms with Crippen molar-refractivity contribution in [3.05, 3.63) is 29.2 Å². The zero-order chi connectivity index (χ0) is 26.2. The molecule has 9 nitrogen and oxygen atoms in total. The Morgan fingerprint density at radius 1 is 0.892 bits per heavy atom. The number of hydrogen-bond donors (Lipinski definition) is 0. The normalized spacial score (nSPS) is 28.2. The Labute approximate surface area is 221 Å². The molecule has 1 aromatic carbocycles. The lowest BCUT2D eigenvalue weighted by atomic mass is 9.75. The number of amides is 1. The van der Waals surface area contributed by atoms with Gasteiger partial charge in [0.25, 0.3) is 0 Å². The van der Waals surface area contributed by atoms with E-state index in [1.807, 2.05) is 41.0 Å². The number of hydrogen-bond acceptors (Lipinski definition) is 5. The zero-order valence-corrected chi connectivity index (χ0v) is 23.1. The fraction of sp³-hybridized carbons (Fsp3) is 0.741. The smallest absolute Gasteiger partial charge is 0.243 e. The van der Waals surface area contributed by atoms with Gasteiger partial charge in [-0.25, -0.2) is 8.42 Å². The summed E-state index contributed by atoms with van der Waals surface area (Å²) in [6, 6.07) is 7.06. The average molecular weight is 533 g/mol. The van der Waals surface area contributed by atoms with Crippen LogP contribution in [0.4, 0.5) is 5.69 Å². The first-order valence-electron chi connectivity index (χ1n) is 14.0. The van der Waals surface area contributed by atoms with Crippen LogP contribution in [0.5, 0.6) is 0 Å². The van der Waals surface area contributed by atoms with Crippen LogP contribution in [-0.4, -0.2) is 92.8 Å². The maximum Gasteiger partial charge on any atom is 0.243 e. The van der Waals surface area contributed by atoms with Gasteiger partial charge in [-0.05, 0) is 74.6 Å². The molecule has 4 saturated heterocycles. The van der Waals surface area contributed by atoms with Gasteiger partial charge in [0.15, 0.2) is 0 Å². The molecule has 1 amide bonds. The standard InChI is InChI=1S/C27H42N5O4S/c1-28(2)23-7-9-24(10-8-23)37(35,36)30-16-11-21(12-17-30)22-13-18-31-26(19-22)25(20-32(31)34)27(33)29-14-5-3-4-6-15-29/h7-10,21-22,25-26H,3-6,11-20H2,1-2H3/q+1. The predicted molar refractivity (Wildman–Crippen MR) is 143 cm³/mol. The van der Waals surface area contributed by atoms with Gasteiger partial charge < -0.3 is 9.80 Å². The van der Waals surface area contributed by atoms with E-state index in [0.29, 0.717) is 36.4 Å². The van der Waals surface area contributed by atoms with Crippen molar-refractivity contribution in [1.29, 1.82) is 0 Å². The van der Waals surface area contributed by atoms with Crippen LogP contribution in [0.15, 0.2) is 29.2 Å². The lowest BCUT2D eigenvalue weighted by Crippen LogP contribution is -2.49. The highest BCUT2D eigenvalue weighted by Gasteiger charge is 2.54. The molecule has 3 unspecified atom stereocenters. The van der Waals surface area contributed by atoms with Crippen molar-refractivity contribution in [2.24, 2.45) is 17.8 Å². The number of nitroso groups, excluding NO2 is 1. The monoisotopic (exact) mass is 532 g/mol. The summed E-state index contributed by atoms with van der Waals surface area (Å²) in [5.74, 6) is 0.775. The van der Waals surface area contributed by atoms with Gasteiger partial charge in [-0.15, -0.1) is 5.01 Å². The van der Waals surface area contributed by atoms with Crippen molar-refractivity contribution in [2.75, 3.05) is 58.3 Å². The summed E-state index contributed by atoms with van der Waals surface area (Å²) in [5.41, 5.74) is 0.972. The maximum atomic E-state index is 13.4. The van der Waals surface area contributed by atoms with E-state index in [1.165, 1.54) is 12.8 Å². The third-order valence-electron chi connectivity index (χ3n) is 9.15. The number of carbonyl (C=O) groups is 1. The van der Waals surface area contributed by atoms with E-state index in [1.54, 1.807) is 16.4 Å². The molecule has 0 N–H and O–H groups in total. The highest BCUT2D eigenvalue weighted by Crippen LogP contribution is 2.40. The number of hydrazine groups is 1. The third-order valence-corrected chi connectivity index (χ3v) is 11.1. The SMILES string of the molecule is CN(C)c1ccc(S(=O)(=O)N2CCC(C3CCN4C(C3)C(C(=O)N3CCCCCC3)C[N+]4=O)CC2)cc1. The Morgan fingerprint density at radius 2 is 1.51 bits per heavy atom. The van der Waals surface area contributed by atoms with Gasteiger partial charge >= 0.3 is 0 Å². The number of fused-ring (bicyclic) bond motifs is 1. The van der Waals surface area contributed by atoms with E-state index in [-0.39, 0.29) is 24.4 Å². The molecular weight excluding hydrogens is 490 g/mol. The minimum Gasteiger partial charge on any atom is -0.378 e. The molecule has 0 bridgehead atoms. The molecule has 0 radical (unpaired) electrons. The fourth-order valence-electron chi connectivity index (χ4n) is 6.91. The van der Waals surface area contributed by atoms with Crippen molar-refractivity contribution in [3.63, 3.8) is 0 Å². The molecule has 0 aliphatic carbocycles. The molecule has 204 valence electrons. The average Bonchev–Trinajstić information content (AvgIpc) is 3.06. The highest BCUT2D eigenvalue weighted by molar-refractivity contribution is 7.89. The van der Waals surface area contributed by atoms with Crippen LogP contribution in [0.3, 0.4) is 0 Å². The van der Waals surface area contributed by atoms with E-state index in [0.717, 1.165) is 62.2 Å². The van der Waals surface area contributed by atoms with E-state index in [9.17, 15) is 18.1 Å². The van der Waals surface area contributed by atoms with Gasteiger partial charge in [0.2, 0.25) is 22.5 Å². The molecule has 4 aliphatic heterocycles. The van der Waals surface area contributed by atoms with Crippen LogP contribution >= 0.6 is 0 Å². The number of benzene rings is 1. The Bertz CT molecular complexity index is 1080. The molecule has 0 aromatic heterocycles. The summed E-state index contributed by atoms with van der Waals surface area (Å²) in [6.45, 7) is 3.65. The summed E-state index contributed by atoms with van der Waals surface area (Å²) >= 11 is 0. The van der Waals surface area contributed by atoms with E-state index in [2.05, 4.69) is 0 Å². The highest BCUT2D eigenvalue weighted by atomic mass is 32.2. The topological polar surface area (TPSA) is 84.2 Å². The van der Waals surface area contributed by atoms with Crippen LogP contribution in [0, 0.1) is 22.7 Å². The van der Waals surface area contributed by atoms with Crippen molar-refractivity contribution in [3.8, 4) is 0 Å². The first-order valence-corrected chi connectivity index (χ1v) is 15.5. The first kappa shape index (κ1) is 26.4. The number of carbonyl (C=O) groups excluding carboxylic acids is 1. The number of piperidine rings is 2. The van der Waals surface area contributed by atoms with Gasteiger partial charge in [-0.3, -0.25) is 4.79 Å². The maximum absolute atomic E-state index is 13.4. The minimum atomic E-state index is -3.51. The van der Waals surface area contributed by atoms with Gasteiger partial charge in [0.1, 0.15) is 16.8 Å². The number of nitrogens with zero attached hydrogens (tertiary/aromatic N) is 5. The van der Waals surface area contributed by atoms with Crippen molar-refractivity contribution in [2.45, 2.75) is 62.3 Å². The summed E-state index contributed by atoms with van der Waals surface area (Å²) in [4.78, 5) is 31.5. The van der Waals surface area contributed by atoms with E-state index >= 15 is 0 Å². The predicted octanol–water partition coefficient (Wildman–Crippen LogP) is 2.96. The molecule has 4 fully saturated rings. The Balaban J connectivity index is 1.20. The number of likely N-dealkylation sites (tertiary alicyclic amines) is 1. The molecule has 4 aliphatic rings. The molecule has 5 rings (SSSR count). The second-order valence-electron chi connectivity index (χ2n) is 11.5. The lowest BCUT2D eigenvalue weighted by Gasteiger charge is -2.40. The van der Waals surface area contributed by atoms with Crippen LogP contribution in [0.1, 0.15) is 51.4 Å². The lowest BCUT2D eigenvalue weighted by molar-refractivity contribution is -0.692. The van der Waals surface area contributed by atoms with Crippen LogP contribution in [-0.2, 0) is 14.8 Å². The number of sulfonamides is 1. The third kappa shape index (κ3) is 5.37. The quantitative estimate of drug-likeness (QED) is 0.542. The number of rotatable bonds is 5. The summed E-state index contributed by atoms with van der Waals surface area (Å²) in [7, 11) is 0.366. The largest absolute Gasteiger partial charge is 0.378 e. The second kappa shape index (κ2) is 10.9. The van der Waals surface area contributed by atoms with Crippen LogP contribution in [0.2, 0.25) is 0 Å². The minimum absolute atomic E-state index is 0.0241. The Hall–Kier alpha value is -2.20. The van der Waals surface area contributed by atoms with Gasteiger partial charge in [0, 0.05) is 46.0 Å². The Kier molecular flexibility index (Phi) is 7.77.